The van der Waals surface area contributed by atoms with Gasteiger partial charge in [0.15, 0.2) is 11.5 Å². The number of hydrogen-bond donors (Lipinski definition) is 1. The monoisotopic (exact) mass is 541 g/mol. The van der Waals surface area contributed by atoms with E-state index in [9.17, 15) is 14.4 Å². The van der Waals surface area contributed by atoms with Crippen LogP contribution in [0.1, 0.15) is 16.7 Å². The third kappa shape index (κ3) is 5.05. The molecule has 0 aliphatic carbocycles. The summed E-state index contributed by atoms with van der Waals surface area (Å²) >= 11 is 0. The van der Waals surface area contributed by atoms with Gasteiger partial charge in [0.2, 0.25) is 18.6 Å². The van der Waals surface area contributed by atoms with E-state index in [1.54, 1.807) is 21.9 Å². The topological polar surface area (TPSA) is 94.7 Å². The van der Waals surface area contributed by atoms with E-state index in [0.717, 1.165) is 16.7 Å². The molecule has 10 heteroatoms. The molecular formula is C30H31N5O5. The Morgan fingerprint density at radius 1 is 0.925 bits per heavy atom. The largest absolute Gasteiger partial charge is 0.454 e. The third-order valence-corrected chi connectivity index (χ3v) is 7.61. The summed E-state index contributed by atoms with van der Waals surface area (Å²) in [6.45, 7) is 1.16. The van der Waals surface area contributed by atoms with Crippen LogP contribution >= 0.6 is 0 Å². The van der Waals surface area contributed by atoms with Crippen LogP contribution in [0.4, 0.5) is 4.79 Å². The molecule has 206 valence electrons. The lowest BCUT2D eigenvalue weighted by Crippen LogP contribution is -2.65. The van der Waals surface area contributed by atoms with Crippen LogP contribution in [0, 0.1) is 0 Å². The van der Waals surface area contributed by atoms with E-state index in [1.807, 2.05) is 78.9 Å². The zero-order chi connectivity index (χ0) is 27.6. The van der Waals surface area contributed by atoms with Crippen molar-refractivity contribution in [3.05, 3.63) is 95.6 Å². The highest BCUT2D eigenvalue weighted by Gasteiger charge is 2.51. The molecule has 1 N–H and O–H groups in total. The summed E-state index contributed by atoms with van der Waals surface area (Å²) in [6, 6.07) is 24.0. The average Bonchev–Trinajstić information content (AvgIpc) is 3.58. The summed E-state index contributed by atoms with van der Waals surface area (Å²) in [7, 11) is 1.65. The van der Waals surface area contributed by atoms with E-state index in [1.165, 1.54) is 5.01 Å². The Bertz CT molecular complexity index is 1400. The second-order valence-electron chi connectivity index (χ2n) is 10.2. The van der Waals surface area contributed by atoms with E-state index in [0.29, 0.717) is 31.0 Å². The number of urea groups is 1. The van der Waals surface area contributed by atoms with Gasteiger partial charge >= 0.3 is 6.03 Å². The molecule has 3 heterocycles. The van der Waals surface area contributed by atoms with Gasteiger partial charge in [-0.05, 0) is 28.8 Å². The Balaban J connectivity index is 1.24. The molecule has 0 spiro atoms. The smallest absolute Gasteiger partial charge is 0.332 e. The van der Waals surface area contributed by atoms with Crippen molar-refractivity contribution in [3.8, 4) is 11.5 Å². The lowest BCUT2D eigenvalue weighted by molar-refractivity contribution is -0.157. The van der Waals surface area contributed by atoms with Gasteiger partial charge < -0.3 is 24.6 Å². The number of piperazine rings is 1. The maximum Gasteiger partial charge on any atom is 0.332 e. The molecular weight excluding hydrogens is 510 g/mol. The Morgan fingerprint density at radius 2 is 1.62 bits per heavy atom. The quantitative estimate of drug-likeness (QED) is 0.494. The molecule has 4 amide bonds. The number of fused-ring (bicyclic) bond motifs is 2. The van der Waals surface area contributed by atoms with E-state index in [2.05, 4.69) is 5.32 Å². The minimum Gasteiger partial charge on any atom is -0.454 e. The van der Waals surface area contributed by atoms with Crippen molar-refractivity contribution in [2.45, 2.75) is 31.7 Å². The Morgan fingerprint density at radius 3 is 2.38 bits per heavy atom. The van der Waals surface area contributed by atoms with Crippen molar-refractivity contribution in [2.24, 2.45) is 0 Å². The molecule has 0 aromatic heterocycles. The standard InChI is InChI=1S/C30H31N5O5/c1-32(30(38)31-16-22-10-6-3-7-11-22)34-19-28(36)35-24(14-21-8-4-2-5-9-21)29(37)33(18-27(34)35)17-23-12-13-25-26(15-23)40-20-39-25/h2-13,15,24,27H,14,16-20H2,1H3,(H,31,38)/t24-,27+/m0/s1. The average molecular weight is 542 g/mol. The first-order chi connectivity index (χ1) is 19.5. The molecule has 10 nitrogen and oxygen atoms in total. The fraction of sp³-hybridized carbons (Fsp3) is 0.300. The molecule has 3 aliphatic heterocycles. The lowest BCUT2D eigenvalue weighted by atomic mass is 10.00. The maximum absolute atomic E-state index is 13.9. The van der Waals surface area contributed by atoms with Crippen LogP contribution in [-0.2, 0) is 29.1 Å². The van der Waals surface area contributed by atoms with Crippen LogP contribution in [0.3, 0.4) is 0 Å². The van der Waals surface area contributed by atoms with Crippen LogP contribution in [-0.4, -0.2) is 76.8 Å². The minimum absolute atomic E-state index is 0.0103. The number of ether oxygens (including phenoxy) is 2. The van der Waals surface area contributed by atoms with Crippen molar-refractivity contribution in [1.82, 2.24) is 25.1 Å². The van der Waals surface area contributed by atoms with E-state index >= 15 is 0 Å². The van der Waals surface area contributed by atoms with Crippen LogP contribution in [0.5, 0.6) is 11.5 Å². The number of amides is 4. The fourth-order valence-electron chi connectivity index (χ4n) is 5.55. The van der Waals surface area contributed by atoms with Crippen molar-refractivity contribution < 1.29 is 23.9 Å². The summed E-state index contributed by atoms with van der Waals surface area (Å²) in [5, 5.41) is 6.14. The Kier molecular flexibility index (Phi) is 7.00. The summed E-state index contributed by atoms with van der Waals surface area (Å²) in [6.07, 6.45) is -0.0995. The molecule has 0 saturated carbocycles. The molecule has 0 unspecified atom stereocenters. The first-order valence-corrected chi connectivity index (χ1v) is 13.3. The molecule has 3 aliphatic rings. The van der Waals surface area contributed by atoms with Gasteiger partial charge in [-0.25, -0.2) is 4.79 Å². The normalized spacial score (nSPS) is 20.0. The molecule has 0 radical (unpaired) electrons. The molecule has 2 fully saturated rings. The SMILES string of the molecule is CN(C(=O)NCc1ccccc1)N1CC(=O)N2[C@@H](Cc3ccccc3)C(=O)N(Cc3ccc4c(c3)OCO4)C[C@@H]21. The van der Waals surface area contributed by atoms with Gasteiger partial charge in [-0.2, -0.15) is 5.01 Å². The van der Waals surface area contributed by atoms with Gasteiger partial charge in [-0.1, -0.05) is 66.7 Å². The number of rotatable bonds is 7. The van der Waals surface area contributed by atoms with E-state index in [-0.39, 0.29) is 37.7 Å². The highest BCUT2D eigenvalue weighted by Crippen LogP contribution is 2.34. The van der Waals surface area contributed by atoms with Crippen molar-refractivity contribution in [1.29, 1.82) is 0 Å². The molecule has 6 rings (SSSR count). The summed E-state index contributed by atoms with van der Waals surface area (Å²) < 4.78 is 11.0. The number of nitrogens with one attached hydrogen (secondary N) is 1. The predicted octanol–water partition coefficient (Wildman–Crippen LogP) is 2.60. The Hall–Kier alpha value is -4.57. The first kappa shape index (κ1) is 25.7. The van der Waals surface area contributed by atoms with Crippen LogP contribution in [0.2, 0.25) is 0 Å². The van der Waals surface area contributed by atoms with Crippen LogP contribution in [0.25, 0.3) is 0 Å². The van der Waals surface area contributed by atoms with Crippen LogP contribution in [0.15, 0.2) is 78.9 Å². The van der Waals surface area contributed by atoms with Crippen molar-refractivity contribution in [2.75, 3.05) is 26.9 Å². The van der Waals surface area contributed by atoms with Gasteiger partial charge in [-0.15, -0.1) is 0 Å². The number of nitrogens with zero attached hydrogens (tertiary/aromatic N) is 4. The Labute approximate surface area is 232 Å². The first-order valence-electron chi connectivity index (χ1n) is 13.3. The second-order valence-corrected chi connectivity index (χ2v) is 10.2. The van der Waals surface area contributed by atoms with E-state index < -0.39 is 12.2 Å². The van der Waals surface area contributed by atoms with Crippen molar-refractivity contribution >= 4 is 17.8 Å². The molecule has 40 heavy (non-hydrogen) atoms. The number of carbonyl (C=O) groups excluding carboxylic acids is 3. The van der Waals surface area contributed by atoms with Gasteiger partial charge in [0.25, 0.3) is 0 Å². The highest BCUT2D eigenvalue weighted by molar-refractivity contribution is 5.91. The summed E-state index contributed by atoms with van der Waals surface area (Å²) in [5.74, 6) is 1.03. The molecule has 2 saturated heterocycles. The van der Waals surface area contributed by atoms with Crippen LogP contribution < -0.4 is 14.8 Å². The molecule has 2 atom stereocenters. The maximum atomic E-state index is 13.9. The molecule has 0 bridgehead atoms. The number of hydrazine groups is 1. The van der Waals surface area contributed by atoms with Gasteiger partial charge in [0.05, 0.1) is 13.1 Å². The highest BCUT2D eigenvalue weighted by atomic mass is 16.7. The number of benzene rings is 3. The predicted molar refractivity (Wildman–Crippen MR) is 146 cm³/mol. The minimum atomic E-state index is -0.687. The number of hydrogen-bond acceptors (Lipinski definition) is 6. The lowest BCUT2D eigenvalue weighted by Gasteiger charge is -2.45. The fourth-order valence-corrected chi connectivity index (χ4v) is 5.55. The third-order valence-electron chi connectivity index (χ3n) is 7.61. The number of carbonyl (C=O) groups is 3. The zero-order valence-electron chi connectivity index (χ0n) is 22.2. The van der Waals surface area contributed by atoms with Gasteiger partial charge in [0, 0.05) is 26.6 Å². The summed E-state index contributed by atoms with van der Waals surface area (Å²) in [5.41, 5.74) is 2.84. The molecule has 3 aromatic rings. The van der Waals surface area contributed by atoms with Crippen molar-refractivity contribution in [3.63, 3.8) is 0 Å². The second kappa shape index (κ2) is 10.9. The van der Waals surface area contributed by atoms with Gasteiger partial charge in [0.1, 0.15) is 12.2 Å². The van der Waals surface area contributed by atoms with E-state index in [4.69, 9.17) is 9.47 Å². The van der Waals surface area contributed by atoms with Gasteiger partial charge in [-0.3, -0.25) is 14.6 Å². The zero-order valence-corrected chi connectivity index (χ0v) is 22.2. The summed E-state index contributed by atoms with van der Waals surface area (Å²) in [4.78, 5) is 43.8. The molecule has 3 aromatic carbocycles.